The summed E-state index contributed by atoms with van der Waals surface area (Å²) < 4.78 is 0. The van der Waals surface area contributed by atoms with Crippen molar-refractivity contribution in [2.45, 2.75) is 57.9 Å². The van der Waals surface area contributed by atoms with E-state index in [2.05, 4.69) is 24.2 Å². The SMILES string of the molecule is CCCCCCNCCC1CCCN1C. The summed E-state index contributed by atoms with van der Waals surface area (Å²) in [5, 5.41) is 3.57. The van der Waals surface area contributed by atoms with Crippen molar-refractivity contribution in [3.8, 4) is 0 Å². The molecule has 1 aliphatic heterocycles. The maximum absolute atomic E-state index is 3.57. The minimum Gasteiger partial charge on any atom is -0.317 e. The largest absolute Gasteiger partial charge is 0.317 e. The molecule has 0 radical (unpaired) electrons. The normalized spacial score (nSPS) is 22.4. The molecule has 90 valence electrons. The lowest BCUT2D eigenvalue weighted by Gasteiger charge is -2.19. The predicted octanol–water partition coefficient (Wildman–Crippen LogP) is 2.64. The first-order valence-corrected chi connectivity index (χ1v) is 6.75. The van der Waals surface area contributed by atoms with Gasteiger partial charge >= 0.3 is 0 Å². The third kappa shape index (κ3) is 5.53. The zero-order chi connectivity index (χ0) is 10.9. The fourth-order valence-corrected chi connectivity index (χ4v) is 2.41. The Morgan fingerprint density at radius 1 is 1.20 bits per heavy atom. The second kappa shape index (κ2) is 8.12. The maximum atomic E-state index is 3.57. The average molecular weight is 212 g/mol. The van der Waals surface area contributed by atoms with Crippen LogP contribution in [-0.4, -0.2) is 37.6 Å². The quantitative estimate of drug-likeness (QED) is 0.622. The molecular formula is C13H28N2. The molecule has 2 nitrogen and oxygen atoms in total. The highest BCUT2D eigenvalue weighted by atomic mass is 15.1. The van der Waals surface area contributed by atoms with E-state index in [4.69, 9.17) is 0 Å². The van der Waals surface area contributed by atoms with Gasteiger partial charge in [0.1, 0.15) is 0 Å². The van der Waals surface area contributed by atoms with Crippen molar-refractivity contribution >= 4 is 0 Å². The molecule has 1 aliphatic rings. The van der Waals surface area contributed by atoms with Crippen LogP contribution in [0.5, 0.6) is 0 Å². The first-order chi connectivity index (χ1) is 7.34. The van der Waals surface area contributed by atoms with E-state index < -0.39 is 0 Å². The minimum absolute atomic E-state index is 0.855. The number of likely N-dealkylation sites (tertiary alicyclic amines) is 1. The summed E-state index contributed by atoms with van der Waals surface area (Å²) in [6.45, 7) is 6.00. The highest BCUT2D eigenvalue weighted by Crippen LogP contribution is 2.16. The molecule has 0 spiro atoms. The van der Waals surface area contributed by atoms with Crippen molar-refractivity contribution in [3.63, 3.8) is 0 Å². The van der Waals surface area contributed by atoms with Crippen LogP contribution in [0.25, 0.3) is 0 Å². The van der Waals surface area contributed by atoms with Crippen LogP contribution in [0, 0.1) is 0 Å². The molecule has 1 unspecified atom stereocenters. The Balaban J connectivity index is 1.84. The first-order valence-electron chi connectivity index (χ1n) is 6.75. The molecule has 0 bridgehead atoms. The summed E-state index contributed by atoms with van der Waals surface area (Å²) in [6.07, 6.45) is 9.64. The third-order valence-corrected chi connectivity index (χ3v) is 3.53. The molecule has 1 fully saturated rings. The number of nitrogens with zero attached hydrogens (tertiary/aromatic N) is 1. The summed E-state index contributed by atoms with van der Waals surface area (Å²) in [4.78, 5) is 2.51. The van der Waals surface area contributed by atoms with Crippen molar-refractivity contribution in [1.82, 2.24) is 10.2 Å². The molecule has 0 aromatic rings. The Morgan fingerprint density at radius 2 is 2.07 bits per heavy atom. The van der Waals surface area contributed by atoms with Gasteiger partial charge in [-0.25, -0.2) is 0 Å². The van der Waals surface area contributed by atoms with Gasteiger partial charge in [-0.05, 0) is 52.4 Å². The molecule has 1 atom stereocenters. The first kappa shape index (κ1) is 13.0. The third-order valence-electron chi connectivity index (χ3n) is 3.53. The molecule has 2 heteroatoms. The summed E-state index contributed by atoms with van der Waals surface area (Å²) >= 11 is 0. The van der Waals surface area contributed by atoms with Crippen LogP contribution in [0.15, 0.2) is 0 Å². The monoisotopic (exact) mass is 212 g/mol. The Bertz CT molecular complexity index is 147. The minimum atomic E-state index is 0.855. The Kier molecular flexibility index (Phi) is 7.03. The highest BCUT2D eigenvalue weighted by Gasteiger charge is 2.19. The Hall–Kier alpha value is -0.0800. The van der Waals surface area contributed by atoms with Gasteiger partial charge in [0.05, 0.1) is 0 Å². The van der Waals surface area contributed by atoms with Gasteiger partial charge in [-0.2, -0.15) is 0 Å². The molecule has 15 heavy (non-hydrogen) atoms. The van der Waals surface area contributed by atoms with Crippen LogP contribution in [0.3, 0.4) is 0 Å². The van der Waals surface area contributed by atoms with Crippen LogP contribution in [0.2, 0.25) is 0 Å². The predicted molar refractivity (Wildman–Crippen MR) is 67.3 cm³/mol. The summed E-state index contributed by atoms with van der Waals surface area (Å²) in [5.41, 5.74) is 0. The number of hydrogen-bond donors (Lipinski definition) is 1. The van der Waals surface area contributed by atoms with Gasteiger partial charge in [0.2, 0.25) is 0 Å². The molecule has 0 amide bonds. The molecule has 1 saturated heterocycles. The lowest BCUT2D eigenvalue weighted by molar-refractivity contribution is 0.293. The van der Waals surface area contributed by atoms with E-state index in [9.17, 15) is 0 Å². The summed E-state index contributed by atoms with van der Waals surface area (Å²) in [6, 6.07) is 0.855. The summed E-state index contributed by atoms with van der Waals surface area (Å²) in [5.74, 6) is 0. The molecule has 0 aliphatic carbocycles. The van der Waals surface area contributed by atoms with Gasteiger partial charge in [-0.15, -0.1) is 0 Å². The van der Waals surface area contributed by atoms with Gasteiger partial charge < -0.3 is 10.2 Å². The van der Waals surface area contributed by atoms with E-state index in [1.54, 1.807) is 0 Å². The van der Waals surface area contributed by atoms with Crippen molar-refractivity contribution in [2.75, 3.05) is 26.7 Å². The Morgan fingerprint density at radius 3 is 2.73 bits per heavy atom. The van der Waals surface area contributed by atoms with Crippen LogP contribution in [-0.2, 0) is 0 Å². The molecule has 0 aromatic carbocycles. The van der Waals surface area contributed by atoms with E-state index in [0.29, 0.717) is 0 Å². The lowest BCUT2D eigenvalue weighted by atomic mass is 10.1. The molecule has 0 saturated carbocycles. The topological polar surface area (TPSA) is 15.3 Å². The molecule has 0 aromatic heterocycles. The van der Waals surface area contributed by atoms with Gasteiger partial charge in [0, 0.05) is 6.04 Å². The zero-order valence-corrected chi connectivity index (χ0v) is 10.6. The van der Waals surface area contributed by atoms with Crippen LogP contribution < -0.4 is 5.32 Å². The van der Waals surface area contributed by atoms with Crippen LogP contribution in [0.1, 0.15) is 51.9 Å². The lowest BCUT2D eigenvalue weighted by Crippen LogP contribution is -2.29. The molecular weight excluding hydrogens is 184 g/mol. The second-order valence-electron chi connectivity index (χ2n) is 4.88. The number of hydrogen-bond acceptors (Lipinski definition) is 2. The highest BCUT2D eigenvalue weighted by molar-refractivity contribution is 4.76. The van der Waals surface area contributed by atoms with Crippen molar-refractivity contribution in [1.29, 1.82) is 0 Å². The second-order valence-corrected chi connectivity index (χ2v) is 4.88. The fourth-order valence-electron chi connectivity index (χ4n) is 2.41. The van der Waals surface area contributed by atoms with E-state index in [1.165, 1.54) is 64.6 Å². The zero-order valence-electron chi connectivity index (χ0n) is 10.6. The number of rotatable bonds is 8. The summed E-state index contributed by atoms with van der Waals surface area (Å²) in [7, 11) is 2.26. The average Bonchev–Trinajstić information content (AvgIpc) is 2.63. The van der Waals surface area contributed by atoms with Crippen molar-refractivity contribution in [3.05, 3.63) is 0 Å². The van der Waals surface area contributed by atoms with Gasteiger partial charge in [-0.1, -0.05) is 26.2 Å². The van der Waals surface area contributed by atoms with E-state index >= 15 is 0 Å². The van der Waals surface area contributed by atoms with E-state index in [1.807, 2.05) is 0 Å². The number of nitrogens with one attached hydrogen (secondary N) is 1. The van der Waals surface area contributed by atoms with Gasteiger partial charge in [0.25, 0.3) is 0 Å². The number of unbranched alkanes of at least 4 members (excludes halogenated alkanes) is 3. The van der Waals surface area contributed by atoms with Crippen LogP contribution in [0.4, 0.5) is 0 Å². The molecule has 1 N–H and O–H groups in total. The van der Waals surface area contributed by atoms with Gasteiger partial charge in [-0.3, -0.25) is 0 Å². The van der Waals surface area contributed by atoms with Crippen LogP contribution >= 0.6 is 0 Å². The van der Waals surface area contributed by atoms with Crippen molar-refractivity contribution < 1.29 is 0 Å². The van der Waals surface area contributed by atoms with E-state index in [-0.39, 0.29) is 0 Å². The Labute approximate surface area is 95.4 Å². The maximum Gasteiger partial charge on any atom is 0.0105 e. The standard InChI is InChI=1S/C13H28N2/c1-3-4-5-6-10-14-11-9-13-8-7-12-15(13)2/h13-14H,3-12H2,1-2H3. The molecule has 1 heterocycles. The van der Waals surface area contributed by atoms with Crippen molar-refractivity contribution in [2.24, 2.45) is 0 Å². The van der Waals surface area contributed by atoms with E-state index in [0.717, 1.165) is 6.04 Å². The van der Waals surface area contributed by atoms with Gasteiger partial charge in [0.15, 0.2) is 0 Å². The smallest absolute Gasteiger partial charge is 0.0105 e. The fraction of sp³-hybridized carbons (Fsp3) is 1.00. The molecule has 1 rings (SSSR count).